The third-order valence-corrected chi connectivity index (χ3v) is 4.92. The monoisotopic (exact) mass is 384 g/mol. The Morgan fingerprint density at radius 3 is 2.66 bits per heavy atom. The Balaban J connectivity index is 1.56. The third-order valence-electron chi connectivity index (χ3n) is 4.92. The Kier molecular flexibility index (Phi) is 4.22. The Bertz CT molecular complexity index is 1310. The summed E-state index contributed by atoms with van der Waals surface area (Å²) < 4.78 is 16.9. The molecule has 0 saturated carbocycles. The number of alkyl halides is 1. The van der Waals surface area contributed by atoms with Crippen molar-refractivity contribution in [1.82, 2.24) is 24.8 Å². The zero-order valence-electron chi connectivity index (χ0n) is 15.4. The maximum absolute atomic E-state index is 15.4. The van der Waals surface area contributed by atoms with Crippen molar-refractivity contribution in [3.05, 3.63) is 89.9 Å². The minimum absolute atomic E-state index is 0.142. The summed E-state index contributed by atoms with van der Waals surface area (Å²) in [6, 6.07) is 20.5. The summed E-state index contributed by atoms with van der Waals surface area (Å²) in [5.41, 5.74) is 10.1. The van der Waals surface area contributed by atoms with E-state index in [4.69, 9.17) is 5.73 Å². The molecule has 1 unspecified atom stereocenters. The van der Waals surface area contributed by atoms with Crippen LogP contribution in [-0.2, 0) is 6.54 Å². The van der Waals surface area contributed by atoms with Crippen LogP contribution in [0, 0.1) is 0 Å². The fourth-order valence-electron chi connectivity index (χ4n) is 3.33. The molecule has 3 heterocycles. The normalized spacial score (nSPS) is 12.5. The standard InChI is InChI=1S/C22H17FN6/c23-21(17-7-8-18-16(12-17)2-1-11-25-18)22-27-26-20-10-9-19(28-29(20)22)15-5-3-14(13-24)4-6-15/h1-12,21H,13,24H2. The molecule has 0 aliphatic heterocycles. The summed E-state index contributed by atoms with van der Waals surface area (Å²) in [7, 11) is 0. The lowest BCUT2D eigenvalue weighted by atomic mass is 10.1. The number of benzene rings is 2. The van der Waals surface area contributed by atoms with Gasteiger partial charge in [-0.25, -0.2) is 4.39 Å². The van der Waals surface area contributed by atoms with Gasteiger partial charge in [0.15, 0.2) is 17.6 Å². The van der Waals surface area contributed by atoms with Crippen LogP contribution in [0.5, 0.6) is 0 Å². The van der Waals surface area contributed by atoms with Crippen LogP contribution in [0.4, 0.5) is 4.39 Å². The fraction of sp³-hybridized carbons (Fsp3) is 0.0909. The predicted molar refractivity (Wildman–Crippen MR) is 109 cm³/mol. The van der Waals surface area contributed by atoms with Gasteiger partial charge in [0.1, 0.15) is 0 Å². The van der Waals surface area contributed by atoms with Gasteiger partial charge in [-0.1, -0.05) is 36.4 Å². The summed E-state index contributed by atoms with van der Waals surface area (Å²) >= 11 is 0. The minimum atomic E-state index is -1.46. The van der Waals surface area contributed by atoms with Gasteiger partial charge in [0.25, 0.3) is 0 Å². The molecule has 0 aliphatic carbocycles. The van der Waals surface area contributed by atoms with E-state index < -0.39 is 6.17 Å². The largest absolute Gasteiger partial charge is 0.326 e. The summed E-state index contributed by atoms with van der Waals surface area (Å²) in [5, 5.41) is 13.6. The summed E-state index contributed by atoms with van der Waals surface area (Å²) in [6.07, 6.45) is 0.254. The summed E-state index contributed by atoms with van der Waals surface area (Å²) in [4.78, 5) is 4.28. The van der Waals surface area contributed by atoms with Gasteiger partial charge >= 0.3 is 0 Å². The highest BCUT2D eigenvalue weighted by molar-refractivity contribution is 5.79. The lowest BCUT2D eigenvalue weighted by molar-refractivity contribution is 0.377. The Morgan fingerprint density at radius 2 is 1.83 bits per heavy atom. The van der Waals surface area contributed by atoms with Crippen LogP contribution >= 0.6 is 0 Å². The van der Waals surface area contributed by atoms with Gasteiger partial charge in [0, 0.05) is 23.7 Å². The lowest BCUT2D eigenvalue weighted by Gasteiger charge is -2.09. The van der Waals surface area contributed by atoms with Gasteiger partial charge < -0.3 is 5.73 Å². The van der Waals surface area contributed by atoms with Crippen molar-refractivity contribution in [1.29, 1.82) is 0 Å². The first kappa shape index (κ1) is 17.4. The number of hydrogen-bond acceptors (Lipinski definition) is 5. The van der Waals surface area contributed by atoms with E-state index in [9.17, 15) is 0 Å². The molecule has 6 nitrogen and oxygen atoms in total. The molecular weight excluding hydrogens is 367 g/mol. The van der Waals surface area contributed by atoms with E-state index in [1.807, 2.05) is 42.5 Å². The van der Waals surface area contributed by atoms with Crippen LogP contribution in [0.1, 0.15) is 23.1 Å². The van der Waals surface area contributed by atoms with Crippen molar-refractivity contribution in [3.63, 3.8) is 0 Å². The molecular formula is C22H17FN6. The molecule has 0 spiro atoms. The second kappa shape index (κ2) is 7.03. The Hall–Kier alpha value is -3.71. The molecule has 29 heavy (non-hydrogen) atoms. The molecule has 1 atom stereocenters. The molecule has 5 rings (SSSR count). The molecule has 0 saturated heterocycles. The molecule has 7 heteroatoms. The number of nitrogens with zero attached hydrogens (tertiary/aromatic N) is 5. The van der Waals surface area contributed by atoms with Gasteiger partial charge in [0.05, 0.1) is 11.2 Å². The first-order valence-electron chi connectivity index (χ1n) is 9.23. The van der Waals surface area contributed by atoms with Gasteiger partial charge in [0.2, 0.25) is 0 Å². The van der Waals surface area contributed by atoms with E-state index in [0.29, 0.717) is 23.4 Å². The zero-order valence-corrected chi connectivity index (χ0v) is 15.4. The van der Waals surface area contributed by atoms with Gasteiger partial charge in [-0.05, 0) is 41.5 Å². The summed E-state index contributed by atoms with van der Waals surface area (Å²) in [6.45, 7) is 0.479. The van der Waals surface area contributed by atoms with Crippen molar-refractivity contribution in [2.45, 2.75) is 12.7 Å². The van der Waals surface area contributed by atoms with E-state index in [1.54, 1.807) is 30.5 Å². The van der Waals surface area contributed by atoms with E-state index >= 15 is 4.39 Å². The number of pyridine rings is 1. The number of hydrogen-bond donors (Lipinski definition) is 1. The molecule has 2 N–H and O–H groups in total. The number of rotatable bonds is 4. The van der Waals surface area contributed by atoms with Gasteiger partial charge in [-0.15, -0.1) is 10.2 Å². The predicted octanol–water partition coefficient (Wildman–Crippen LogP) is 3.86. The van der Waals surface area contributed by atoms with E-state index in [2.05, 4.69) is 20.3 Å². The SMILES string of the molecule is NCc1ccc(-c2ccc3nnc(C(F)c4ccc5ncccc5c4)n3n2)cc1. The van der Waals surface area contributed by atoms with E-state index in [1.165, 1.54) is 4.52 Å². The Morgan fingerprint density at radius 1 is 0.966 bits per heavy atom. The fourth-order valence-corrected chi connectivity index (χ4v) is 3.33. The average molecular weight is 384 g/mol. The van der Waals surface area contributed by atoms with Crippen LogP contribution in [0.15, 0.2) is 72.9 Å². The second-order valence-electron chi connectivity index (χ2n) is 6.77. The van der Waals surface area contributed by atoms with Crippen LogP contribution in [0.25, 0.3) is 27.8 Å². The second-order valence-corrected chi connectivity index (χ2v) is 6.77. The molecule has 142 valence electrons. The molecule has 5 aromatic rings. The summed E-state index contributed by atoms with van der Waals surface area (Å²) in [5.74, 6) is 0.142. The van der Waals surface area contributed by atoms with Gasteiger partial charge in [-0.3, -0.25) is 4.98 Å². The quantitative estimate of drug-likeness (QED) is 0.509. The van der Waals surface area contributed by atoms with Crippen molar-refractivity contribution in [2.75, 3.05) is 0 Å². The van der Waals surface area contributed by atoms with Crippen LogP contribution in [0.2, 0.25) is 0 Å². The topological polar surface area (TPSA) is 82.0 Å². The van der Waals surface area contributed by atoms with Crippen LogP contribution in [0.3, 0.4) is 0 Å². The number of nitrogens with two attached hydrogens (primary N) is 1. The number of aromatic nitrogens is 5. The highest BCUT2D eigenvalue weighted by atomic mass is 19.1. The minimum Gasteiger partial charge on any atom is -0.326 e. The van der Waals surface area contributed by atoms with Crippen molar-refractivity contribution in [3.8, 4) is 11.3 Å². The Labute approximate surface area is 165 Å². The van der Waals surface area contributed by atoms with Crippen molar-refractivity contribution in [2.24, 2.45) is 5.73 Å². The average Bonchev–Trinajstić information content (AvgIpc) is 3.21. The number of halogens is 1. The van der Waals surface area contributed by atoms with Crippen molar-refractivity contribution >= 4 is 16.6 Å². The van der Waals surface area contributed by atoms with E-state index in [-0.39, 0.29) is 5.82 Å². The smallest absolute Gasteiger partial charge is 0.193 e. The first-order valence-corrected chi connectivity index (χ1v) is 9.23. The van der Waals surface area contributed by atoms with Crippen molar-refractivity contribution < 1.29 is 4.39 Å². The molecule has 0 fully saturated rings. The maximum atomic E-state index is 15.4. The van der Waals surface area contributed by atoms with Crippen LogP contribution in [-0.4, -0.2) is 24.8 Å². The molecule has 0 radical (unpaired) electrons. The molecule has 0 aliphatic rings. The lowest BCUT2D eigenvalue weighted by Crippen LogP contribution is -2.05. The molecule has 2 aromatic carbocycles. The molecule has 0 amide bonds. The van der Waals surface area contributed by atoms with E-state index in [0.717, 1.165) is 22.0 Å². The molecule has 3 aromatic heterocycles. The first-order chi connectivity index (χ1) is 14.2. The van der Waals surface area contributed by atoms with Crippen LogP contribution < -0.4 is 5.73 Å². The molecule has 0 bridgehead atoms. The highest BCUT2D eigenvalue weighted by Gasteiger charge is 2.21. The zero-order chi connectivity index (χ0) is 19.8. The maximum Gasteiger partial charge on any atom is 0.193 e. The highest BCUT2D eigenvalue weighted by Crippen LogP contribution is 2.28. The number of fused-ring (bicyclic) bond motifs is 2. The third kappa shape index (κ3) is 3.11. The van der Waals surface area contributed by atoms with Gasteiger partial charge in [-0.2, -0.15) is 9.61 Å².